The van der Waals surface area contributed by atoms with Gasteiger partial charge in [-0.25, -0.2) is 0 Å². The topological polar surface area (TPSA) is 65.1 Å². The van der Waals surface area contributed by atoms with Crippen LogP contribution < -0.4 is 10.9 Å². The van der Waals surface area contributed by atoms with E-state index >= 15 is 0 Å². The summed E-state index contributed by atoms with van der Waals surface area (Å²) in [5, 5.41) is 17.7. The van der Waals surface area contributed by atoms with E-state index in [0.29, 0.717) is 10.6 Å². The summed E-state index contributed by atoms with van der Waals surface area (Å²) in [5.74, 6) is 0.642. The normalized spacial score (nSPS) is 12.7. The zero-order valence-electron chi connectivity index (χ0n) is 15.6. The predicted octanol–water partition coefficient (Wildman–Crippen LogP) is 4.75. The van der Waals surface area contributed by atoms with Gasteiger partial charge in [-0.1, -0.05) is 31.2 Å². The highest BCUT2D eigenvalue weighted by molar-refractivity contribution is 7.17. The maximum Gasteiger partial charge on any atom is 0.266 e. The smallest absolute Gasteiger partial charge is 0.266 e. The fourth-order valence-electron chi connectivity index (χ4n) is 3.78. The Morgan fingerprint density at radius 2 is 1.96 bits per heavy atom. The second-order valence-corrected chi connectivity index (χ2v) is 7.95. The van der Waals surface area contributed by atoms with Gasteiger partial charge in [0.2, 0.25) is 0 Å². The van der Waals surface area contributed by atoms with E-state index in [9.17, 15) is 9.90 Å². The number of phenolic OH excluding ortho intramolecular Hbond substituents is 1. The van der Waals surface area contributed by atoms with Crippen LogP contribution in [0.25, 0.3) is 32.1 Å². The van der Waals surface area contributed by atoms with Crippen LogP contribution in [0.4, 0.5) is 0 Å². The molecule has 0 aliphatic carbocycles. The first kappa shape index (κ1) is 17.8. The Morgan fingerprint density at radius 1 is 1.22 bits per heavy atom. The van der Waals surface area contributed by atoms with E-state index in [-0.39, 0.29) is 11.3 Å². The second-order valence-electron chi connectivity index (χ2n) is 7.04. The van der Waals surface area contributed by atoms with Crippen molar-refractivity contribution in [2.75, 3.05) is 13.6 Å². The molecule has 0 spiro atoms. The van der Waals surface area contributed by atoms with Gasteiger partial charge in [0, 0.05) is 22.9 Å². The Morgan fingerprint density at radius 3 is 2.67 bits per heavy atom. The van der Waals surface area contributed by atoms with Crippen LogP contribution in [0, 0.1) is 6.92 Å². The van der Waals surface area contributed by atoms with E-state index in [0.717, 1.165) is 39.5 Å². The van der Waals surface area contributed by atoms with Crippen molar-refractivity contribution in [2.24, 2.45) is 0 Å². The monoisotopic (exact) mass is 378 g/mol. The zero-order chi connectivity index (χ0) is 19.1. The first-order valence-corrected chi connectivity index (χ1v) is 9.90. The fraction of sp³-hybridized carbons (Fsp3) is 0.227. The first-order chi connectivity index (χ1) is 13.0. The lowest BCUT2D eigenvalue weighted by Gasteiger charge is -2.15. The number of likely N-dealkylation sites (N-methyl/N-ethyl adjacent to an activating group) is 1. The van der Waals surface area contributed by atoms with Crippen molar-refractivity contribution in [1.82, 2.24) is 10.3 Å². The maximum absolute atomic E-state index is 12.4. The maximum atomic E-state index is 12.4. The number of H-pyrrole nitrogens is 1. The number of aromatic amines is 1. The van der Waals surface area contributed by atoms with Gasteiger partial charge in [-0.05, 0) is 54.1 Å². The molecular weight excluding hydrogens is 356 g/mol. The highest BCUT2D eigenvalue weighted by atomic mass is 32.1. The van der Waals surface area contributed by atoms with Crippen molar-refractivity contribution in [3.05, 3.63) is 63.3 Å². The zero-order valence-corrected chi connectivity index (χ0v) is 16.4. The quantitative estimate of drug-likeness (QED) is 0.480. The van der Waals surface area contributed by atoms with Gasteiger partial charge in [-0.3, -0.25) is 4.79 Å². The number of aromatic nitrogens is 1. The van der Waals surface area contributed by atoms with Gasteiger partial charge in [-0.2, -0.15) is 0 Å². The van der Waals surface area contributed by atoms with Crippen molar-refractivity contribution in [1.29, 1.82) is 0 Å². The van der Waals surface area contributed by atoms with Crippen LogP contribution in [0.15, 0.2) is 46.6 Å². The van der Waals surface area contributed by atoms with Crippen molar-refractivity contribution in [2.45, 2.75) is 19.8 Å². The molecule has 0 aliphatic heterocycles. The van der Waals surface area contributed by atoms with Gasteiger partial charge in [0.25, 0.3) is 5.56 Å². The molecule has 0 fully saturated rings. The summed E-state index contributed by atoms with van der Waals surface area (Å²) in [4.78, 5) is 15.4. The second kappa shape index (κ2) is 6.83. The third-order valence-corrected chi connectivity index (χ3v) is 6.07. The molecule has 138 valence electrons. The fourth-order valence-corrected chi connectivity index (χ4v) is 4.57. The summed E-state index contributed by atoms with van der Waals surface area (Å²) in [6.07, 6.45) is 0. The molecule has 5 heteroatoms. The Labute approximate surface area is 161 Å². The minimum Gasteiger partial charge on any atom is -0.507 e. The molecule has 0 aliphatic rings. The van der Waals surface area contributed by atoms with Gasteiger partial charge < -0.3 is 15.4 Å². The van der Waals surface area contributed by atoms with Crippen molar-refractivity contribution in [3.8, 4) is 16.9 Å². The van der Waals surface area contributed by atoms with Crippen LogP contribution in [0.3, 0.4) is 0 Å². The summed E-state index contributed by atoms with van der Waals surface area (Å²) in [6.45, 7) is 5.00. The number of benzene rings is 2. The SMILES string of the molecule is CNC[C@H](C)c1ccc(-c2c(O)cc(C)c3[nH]c(=O)c4sccc4c23)cc1. The largest absolute Gasteiger partial charge is 0.507 e. The first-order valence-electron chi connectivity index (χ1n) is 9.02. The number of pyridine rings is 1. The molecule has 0 bridgehead atoms. The lowest BCUT2D eigenvalue weighted by molar-refractivity contribution is 0.477. The van der Waals surface area contributed by atoms with E-state index in [2.05, 4.69) is 41.5 Å². The third-order valence-electron chi connectivity index (χ3n) is 5.16. The molecule has 0 amide bonds. The summed E-state index contributed by atoms with van der Waals surface area (Å²) < 4.78 is 0.688. The Hall–Kier alpha value is -2.63. The molecule has 27 heavy (non-hydrogen) atoms. The van der Waals surface area contributed by atoms with E-state index in [1.807, 2.05) is 25.4 Å². The average molecular weight is 378 g/mol. The predicted molar refractivity (Wildman–Crippen MR) is 114 cm³/mol. The average Bonchev–Trinajstić information content (AvgIpc) is 3.14. The molecule has 2 aromatic heterocycles. The minimum absolute atomic E-state index is 0.0801. The van der Waals surface area contributed by atoms with Gasteiger partial charge in [0.15, 0.2) is 0 Å². The summed E-state index contributed by atoms with van der Waals surface area (Å²) in [5.41, 5.74) is 4.52. The molecule has 4 rings (SSSR count). The van der Waals surface area contributed by atoms with Gasteiger partial charge >= 0.3 is 0 Å². The molecule has 0 saturated heterocycles. The molecule has 0 saturated carbocycles. The lowest BCUT2D eigenvalue weighted by atomic mass is 9.93. The van der Waals surface area contributed by atoms with Crippen molar-refractivity contribution >= 4 is 32.3 Å². The molecule has 2 heterocycles. The minimum atomic E-state index is -0.0801. The van der Waals surface area contributed by atoms with Crippen LogP contribution >= 0.6 is 11.3 Å². The van der Waals surface area contributed by atoms with E-state index in [4.69, 9.17) is 0 Å². The van der Waals surface area contributed by atoms with Gasteiger partial charge in [-0.15, -0.1) is 11.3 Å². The number of aryl methyl sites for hydroxylation is 1. The number of hydrogen-bond donors (Lipinski definition) is 3. The number of fused-ring (bicyclic) bond motifs is 3. The summed E-state index contributed by atoms with van der Waals surface area (Å²) in [6, 6.07) is 12.0. The van der Waals surface area contributed by atoms with Crippen LogP contribution in [-0.4, -0.2) is 23.7 Å². The molecular formula is C22H22N2O2S. The van der Waals surface area contributed by atoms with Gasteiger partial charge in [0.05, 0.1) is 5.52 Å². The molecule has 1 atom stereocenters. The van der Waals surface area contributed by atoms with Crippen molar-refractivity contribution < 1.29 is 5.11 Å². The number of aromatic hydroxyl groups is 1. The number of rotatable bonds is 4. The van der Waals surface area contributed by atoms with Crippen LogP contribution in [0.5, 0.6) is 5.75 Å². The molecule has 3 N–H and O–H groups in total. The van der Waals surface area contributed by atoms with Gasteiger partial charge in [0.1, 0.15) is 10.4 Å². The highest BCUT2D eigenvalue weighted by Gasteiger charge is 2.17. The van der Waals surface area contributed by atoms with Crippen LogP contribution in [0.2, 0.25) is 0 Å². The van der Waals surface area contributed by atoms with E-state index in [1.165, 1.54) is 16.9 Å². The Kier molecular flexibility index (Phi) is 4.50. The molecule has 0 unspecified atom stereocenters. The lowest BCUT2D eigenvalue weighted by Crippen LogP contribution is -2.14. The van der Waals surface area contributed by atoms with Crippen LogP contribution in [0.1, 0.15) is 24.0 Å². The number of thiophene rings is 1. The number of phenols is 1. The third kappa shape index (κ3) is 2.93. The number of hydrogen-bond acceptors (Lipinski definition) is 4. The molecule has 0 radical (unpaired) electrons. The molecule has 4 nitrogen and oxygen atoms in total. The van der Waals surface area contributed by atoms with Crippen molar-refractivity contribution in [3.63, 3.8) is 0 Å². The molecule has 2 aromatic carbocycles. The number of nitrogens with one attached hydrogen (secondary N) is 2. The van der Waals surface area contributed by atoms with E-state index in [1.54, 1.807) is 6.07 Å². The molecule has 4 aromatic rings. The van der Waals surface area contributed by atoms with E-state index < -0.39 is 0 Å². The van der Waals surface area contributed by atoms with Crippen LogP contribution in [-0.2, 0) is 0 Å². The standard InChI is InChI=1S/C22H22N2O2S/c1-12-10-17(25)18(15-6-4-14(5-7-15)13(2)11-23-3)19-16-8-9-27-21(16)22(26)24-20(12)19/h4-10,13,23,25H,11H2,1-3H3,(H,24,26)/t13-/m0/s1. The highest BCUT2D eigenvalue weighted by Crippen LogP contribution is 2.41. The summed E-state index contributed by atoms with van der Waals surface area (Å²) >= 11 is 1.42. The Balaban J connectivity index is 1.99. The Bertz CT molecular complexity index is 1190. The summed E-state index contributed by atoms with van der Waals surface area (Å²) in [7, 11) is 1.95.